The minimum absolute atomic E-state index is 0.114. The largest absolute Gasteiger partial charge is 0.497 e. The van der Waals surface area contributed by atoms with Crippen molar-refractivity contribution in [1.82, 2.24) is 0 Å². The molecule has 0 saturated heterocycles. The van der Waals surface area contributed by atoms with Gasteiger partial charge in [-0.25, -0.2) is 0 Å². The summed E-state index contributed by atoms with van der Waals surface area (Å²) in [7, 11) is 1.66. The molecular weight excluding hydrogens is 412 g/mol. The quantitative estimate of drug-likeness (QED) is 0.504. The molecule has 0 amide bonds. The first-order valence-electron chi connectivity index (χ1n) is 11.4. The molecule has 0 fully saturated rings. The van der Waals surface area contributed by atoms with Crippen LogP contribution in [-0.4, -0.2) is 19.5 Å². The lowest BCUT2D eigenvalue weighted by Crippen LogP contribution is -2.27. The molecule has 0 radical (unpaired) electrons. The predicted molar refractivity (Wildman–Crippen MR) is 131 cm³/mol. The minimum atomic E-state index is -0.289. The first-order valence-corrected chi connectivity index (χ1v) is 11.4. The molecule has 0 saturated carbocycles. The van der Waals surface area contributed by atoms with E-state index in [4.69, 9.17) is 9.47 Å². The molecule has 0 bridgehead atoms. The summed E-state index contributed by atoms with van der Waals surface area (Å²) in [6, 6.07) is 23.8. The van der Waals surface area contributed by atoms with Crippen LogP contribution in [0.25, 0.3) is 0 Å². The number of carbonyl (C=O) groups excluding carboxylic acids is 1. The summed E-state index contributed by atoms with van der Waals surface area (Å²) in [5.41, 5.74) is 5.83. The third-order valence-electron chi connectivity index (χ3n) is 6.43. The van der Waals surface area contributed by atoms with E-state index in [1.54, 1.807) is 7.11 Å². The Hall–Kier alpha value is -3.73. The number of ether oxygens (including phenoxy) is 2. The van der Waals surface area contributed by atoms with Crippen LogP contribution < -0.4 is 20.1 Å². The van der Waals surface area contributed by atoms with Crippen molar-refractivity contribution >= 4 is 17.2 Å². The number of Topliss-reactive ketones (excluding diaryl/α,β-unsaturated/α-hetero) is 1. The fraction of sp³-hybridized carbons (Fsp3) is 0.250. The fourth-order valence-electron chi connectivity index (χ4n) is 4.84. The summed E-state index contributed by atoms with van der Waals surface area (Å²) in [5, 5.41) is 7.23. The smallest absolute Gasteiger partial charge is 0.163 e. The Morgan fingerprint density at radius 2 is 1.64 bits per heavy atom. The SMILES string of the molecule is CCOc1ccccc1C1Nc2ccccc2NC2=C1C(=O)CC(c1ccc(OC)cc1)C2. The van der Waals surface area contributed by atoms with Gasteiger partial charge in [0.1, 0.15) is 11.5 Å². The molecule has 33 heavy (non-hydrogen) atoms. The Kier molecular flexibility index (Phi) is 5.78. The first-order chi connectivity index (χ1) is 16.2. The van der Waals surface area contributed by atoms with Crippen LogP contribution in [-0.2, 0) is 4.79 Å². The number of para-hydroxylation sites is 3. The predicted octanol–water partition coefficient (Wildman–Crippen LogP) is 6.07. The summed E-state index contributed by atoms with van der Waals surface area (Å²) in [5.74, 6) is 1.89. The number of rotatable bonds is 5. The van der Waals surface area contributed by atoms with E-state index in [1.807, 2.05) is 67.6 Å². The number of methoxy groups -OCH3 is 1. The fourth-order valence-corrected chi connectivity index (χ4v) is 4.84. The van der Waals surface area contributed by atoms with Crippen LogP contribution in [0.5, 0.6) is 11.5 Å². The van der Waals surface area contributed by atoms with Gasteiger partial charge in [-0.05, 0) is 55.2 Å². The van der Waals surface area contributed by atoms with Crippen molar-refractivity contribution in [3.8, 4) is 11.5 Å². The molecule has 3 aromatic rings. The number of allylic oxidation sites excluding steroid dienone is 1. The zero-order valence-electron chi connectivity index (χ0n) is 18.9. The van der Waals surface area contributed by atoms with E-state index < -0.39 is 0 Å². The summed E-state index contributed by atoms with van der Waals surface area (Å²) in [6.45, 7) is 2.54. The molecule has 1 heterocycles. The van der Waals surface area contributed by atoms with Gasteiger partial charge in [0.15, 0.2) is 5.78 Å². The van der Waals surface area contributed by atoms with Crippen molar-refractivity contribution in [2.24, 2.45) is 0 Å². The van der Waals surface area contributed by atoms with Crippen LogP contribution in [0.3, 0.4) is 0 Å². The van der Waals surface area contributed by atoms with Gasteiger partial charge in [0.2, 0.25) is 0 Å². The zero-order chi connectivity index (χ0) is 22.8. The molecule has 1 aliphatic heterocycles. The van der Waals surface area contributed by atoms with Crippen LogP contribution in [0.1, 0.15) is 42.9 Å². The molecule has 2 aliphatic rings. The van der Waals surface area contributed by atoms with E-state index in [1.165, 1.54) is 0 Å². The maximum atomic E-state index is 13.7. The highest BCUT2D eigenvalue weighted by Gasteiger charge is 2.37. The Labute approximate surface area is 194 Å². The third kappa shape index (κ3) is 4.07. The first kappa shape index (κ1) is 21.1. The average Bonchev–Trinajstić information content (AvgIpc) is 3.01. The molecule has 3 aromatic carbocycles. The summed E-state index contributed by atoms with van der Waals surface area (Å²) >= 11 is 0. The Morgan fingerprint density at radius 3 is 2.39 bits per heavy atom. The summed E-state index contributed by atoms with van der Waals surface area (Å²) in [4.78, 5) is 13.7. The standard InChI is InChI=1S/C28H28N2O3/c1-3-33-26-11-7-4-8-21(26)28-27-24(29-22-9-5-6-10-23(22)30-28)16-19(17-25(27)31)18-12-14-20(32-2)15-13-18/h4-15,19,28-30H,3,16-17H2,1-2H3. The van der Waals surface area contributed by atoms with Crippen LogP contribution in [0.2, 0.25) is 0 Å². The highest BCUT2D eigenvalue weighted by Crippen LogP contribution is 2.45. The van der Waals surface area contributed by atoms with E-state index in [9.17, 15) is 4.79 Å². The van der Waals surface area contributed by atoms with Gasteiger partial charge in [-0.1, -0.05) is 42.5 Å². The van der Waals surface area contributed by atoms with Crippen molar-refractivity contribution in [1.29, 1.82) is 0 Å². The van der Waals surface area contributed by atoms with Gasteiger partial charge in [0.05, 0.1) is 31.1 Å². The number of hydrogen-bond donors (Lipinski definition) is 2. The van der Waals surface area contributed by atoms with Crippen molar-refractivity contribution in [3.05, 3.63) is 95.2 Å². The van der Waals surface area contributed by atoms with Crippen molar-refractivity contribution in [2.75, 3.05) is 24.4 Å². The Balaban J connectivity index is 1.59. The number of fused-ring (bicyclic) bond motifs is 1. The lowest BCUT2D eigenvalue weighted by atomic mass is 9.78. The maximum Gasteiger partial charge on any atom is 0.163 e. The van der Waals surface area contributed by atoms with Crippen molar-refractivity contribution < 1.29 is 14.3 Å². The third-order valence-corrected chi connectivity index (χ3v) is 6.43. The molecule has 5 nitrogen and oxygen atoms in total. The molecular formula is C28H28N2O3. The lowest BCUT2D eigenvalue weighted by Gasteiger charge is -2.30. The Morgan fingerprint density at radius 1 is 0.909 bits per heavy atom. The molecule has 2 unspecified atom stereocenters. The van der Waals surface area contributed by atoms with Gasteiger partial charge in [-0.2, -0.15) is 0 Å². The van der Waals surface area contributed by atoms with Crippen LogP contribution in [0.4, 0.5) is 11.4 Å². The van der Waals surface area contributed by atoms with Crippen LogP contribution in [0.15, 0.2) is 84.1 Å². The summed E-state index contributed by atoms with van der Waals surface area (Å²) in [6.07, 6.45) is 1.23. The monoisotopic (exact) mass is 440 g/mol. The number of anilines is 2. The second-order valence-corrected chi connectivity index (χ2v) is 8.41. The van der Waals surface area contributed by atoms with Gasteiger partial charge in [0.25, 0.3) is 0 Å². The van der Waals surface area contributed by atoms with Gasteiger partial charge >= 0.3 is 0 Å². The molecule has 5 rings (SSSR count). The molecule has 5 heteroatoms. The molecule has 2 N–H and O–H groups in total. The normalized spacial score (nSPS) is 19.5. The topological polar surface area (TPSA) is 59.6 Å². The Bertz CT molecular complexity index is 1200. The minimum Gasteiger partial charge on any atom is -0.497 e. The van der Waals surface area contributed by atoms with Gasteiger partial charge in [-0.3, -0.25) is 4.79 Å². The lowest BCUT2D eigenvalue weighted by molar-refractivity contribution is -0.116. The second kappa shape index (κ2) is 9.02. The van der Waals surface area contributed by atoms with Gasteiger partial charge < -0.3 is 20.1 Å². The van der Waals surface area contributed by atoms with E-state index in [0.29, 0.717) is 13.0 Å². The molecule has 0 spiro atoms. The van der Waals surface area contributed by atoms with Crippen molar-refractivity contribution in [3.63, 3.8) is 0 Å². The van der Waals surface area contributed by atoms with Crippen molar-refractivity contribution in [2.45, 2.75) is 31.7 Å². The second-order valence-electron chi connectivity index (χ2n) is 8.41. The van der Waals surface area contributed by atoms with E-state index in [-0.39, 0.29) is 17.7 Å². The highest BCUT2D eigenvalue weighted by atomic mass is 16.5. The van der Waals surface area contributed by atoms with E-state index >= 15 is 0 Å². The molecule has 1 aliphatic carbocycles. The molecule has 0 aromatic heterocycles. The van der Waals surface area contributed by atoms with Gasteiger partial charge in [0, 0.05) is 23.3 Å². The van der Waals surface area contributed by atoms with E-state index in [2.05, 4.69) is 22.8 Å². The highest BCUT2D eigenvalue weighted by molar-refractivity contribution is 6.01. The number of benzene rings is 3. The maximum absolute atomic E-state index is 13.7. The number of carbonyl (C=O) groups is 1. The summed E-state index contributed by atoms with van der Waals surface area (Å²) < 4.78 is 11.2. The van der Waals surface area contributed by atoms with Crippen LogP contribution >= 0.6 is 0 Å². The molecule has 168 valence electrons. The number of hydrogen-bond acceptors (Lipinski definition) is 5. The van der Waals surface area contributed by atoms with Gasteiger partial charge in [-0.15, -0.1) is 0 Å². The van der Waals surface area contributed by atoms with Crippen LogP contribution in [0, 0.1) is 0 Å². The number of ketones is 1. The average molecular weight is 441 g/mol. The molecule has 2 atom stereocenters. The number of nitrogens with one attached hydrogen (secondary N) is 2. The van der Waals surface area contributed by atoms with E-state index in [0.717, 1.165) is 51.7 Å². The zero-order valence-corrected chi connectivity index (χ0v) is 18.9.